The maximum absolute atomic E-state index is 9.93. The Morgan fingerprint density at radius 1 is 1.29 bits per heavy atom. The third-order valence-corrected chi connectivity index (χ3v) is 3.21. The Labute approximate surface area is 134 Å². The van der Waals surface area contributed by atoms with Crippen LogP contribution >= 0.6 is 0 Å². The molecule has 6 N–H and O–H groups in total. The first kappa shape index (κ1) is 17.5. The summed E-state index contributed by atoms with van der Waals surface area (Å²) in [6, 6.07) is 0. The fourth-order valence-electron chi connectivity index (χ4n) is 2.15. The van der Waals surface area contributed by atoms with Crippen molar-refractivity contribution in [3.8, 4) is 0 Å². The Bertz CT molecular complexity index is 736. The highest BCUT2D eigenvalue weighted by Gasteiger charge is 2.35. The van der Waals surface area contributed by atoms with Crippen LogP contribution < -0.4 is 5.73 Å². The van der Waals surface area contributed by atoms with Crippen molar-refractivity contribution >= 4 is 28.9 Å². The number of fused-ring (bicyclic) bond motifs is 1. The number of hydrogen-bond acceptors (Lipinski definition) is 9. The summed E-state index contributed by atoms with van der Waals surface area (Å²) >= 11 is 0. The lowest BCUT2D eigenvalue weighted by Gasteiger charge is -2.16. The van der Waals surface area contributed by atoms with Gasteiger partial charge >= 0.3 is 11.9 Å². The average molecular weight is 341 g/mol. The zero-order valence-electron chi connectivity index (χ0n) is 12.2. The Morgan fingerprint density at radius 2 is 1.96 bits per heavy atom. The minimum absolute atomic E-state index is 0.128. The van der Waals surface area contributed by atoms with Gasteiger partial charge in [0.25, 0.3) is 0 Å². The van der Waals surface area contributed by atoms with Crippen molar-refractivity contribution < 1.29 is 34.8 Å². The number of aromatic nitrogens is 4. The van der Waals surface area contributed by atoms with Crippen LogP contribution in [0.5, 0.6) is 0 Å². The number of nitrogen functional groups attached to an aromatic ring is 1. The molecule has 0 aromatic carbocycles. The first-order chi connectivity index (χ1) is 11.3. The number of aliphatic hydroxyl groups excluding tert-OH is 2. The molecule has 3 atom stereocenters. The summed E-state index contributed by atoms with van der Waals surface area (Å²) in [5.41, 5.74) is 6.66. The number of imidazole rings is 1. The number of rotatable bonds is 2. The molecule has 0 amide bonds. The smallest absolute Gasteiger partial charge is 0.414 e. The molecule has 2 aromatic heterocycles. The van der Waals surface area contributed by atoms with Gasteiger partial charge in [0.1, 0.15) is 17.9 Å². The number of carboxylic acids is 2. The summed E-state index contributed by atoms with van der Waals surface area (Å²) in [6.45, 7) is -0.128. The zero-order chi connectivity index (χ0) is 17.9. The van der Waals surface area contributed by atoms with Crippen LogP contribution in [0.25, 0.3) is 11.2 Å². The standard InChI is InChI=1S/C10H13N5O3.C2H2O4/c11-8-7-9(13-3-12-8)15(4-14-7)10-6(17)1-5(2-16)18-10;3-1(4)2(5)6/h3-6,10,16-17H,1-2H2,(H2,11,12,13);(H,3,4)(H,5,6)/t5-,6+,10+;/m0./s1. The van der Waals surface area contributed by atoms with Crippen molar-refractivity contribution in [3.05, 3.63) is 12.7 Å². The molecule has 1 fully saturated rings. The first-order valence-electron chi connectivity index (χ1n) is 6.68. The number of aliphatic carboxylic acids is 2. The molecule has 24 heavy (non-hydrogen) atoms. The lowest BCUT2D eigenvalue weighted by atomic mass is 10.2. The number of hydrogen-bond donors (Lipinski definition) is 5. The largest absolute Gasteiger partial charge is 0.473 e. The van der Waals surface area contributed by atoms with Gasteiger partial charge in [0.05, 0.1) is 19.0 Å². The van der Waals surface area contributed by atoms with E-state index in [9.17, 15) is 5.11 Å². The van der Waals surface area contributed by atoms with Gasteiger partial charge in [-0.25, -0.2) is 24.5 Å². The predicted molar refractivity (Wildman–Crippen MR) is 76.6 cm³/mol. The van der Waals surface area contributed by atoms with Gasteiger partial charge in [-0.1, -0.05) is 0 Å². The molecule has 1 aliphatic heterocycles. The second-order valence-corrected chi connectivity index (χ2v) is 4.83. The first-order valence-corrected chi connectivity index (χ1v) is 6.68. The highest BCUT2D eigenvalue weighted by atomic mass is 16.5. The number of carboxylic acid groups (broad SMARTS) is 2. The molecular formula is C12H15N5O7. The van der Waals surface area contributed by atoms with E-state index in [0.29, 0.717) is 17.6 Å². The minimum Gasteiger partial charge on any atom is -0.473 e. The quantitative estimate of drug-likeness (QED) is 0.387. The van der Waals surface area contributed by atoms with Crippen molar-refractivity contribution in [1.82, 2.24) is 19.5 Å². The Morgan fingerprint density at radius 3 is 2.50 bits per heavy atom. The van der Waals surface area contributed by atoms with E-state index in [1.165, 1.54) is 12.7 Å². The molecule has 0 bridgehead atoms. The minimum atomic E-state index is -1.82. The van der Waals surface area contributed by atoms with Crippen LogP contribution in [-0.4, -0.2) is 70.7 Å². The summed E-state index contributed by atoms with van der Waals surface area (Å²) in [7, 11) is 0. The number of ether oxygens (including phenoxy) is 1. The number of aliphatic hydroxyl groups is 2. The summed E-state index contributed by atoms with van der Waals surface area (Å²) in [5.74, 6) is -3.37. The van der Waals surface area contributed by atoms with Gasteiger partial charge in [0, 0.05) is 6.42 Å². The van der Waals surface area contributed by atoms with Crippen molar-refractivity contribution in [2.24, 2.45) is 0 Å². The fraction of sp³-hybridized carbons (Fsp3) is 0.417. The maximum Gasteiger partial charge on any atom is 0.414 e. The van der Waals surface area contributed by atoms with E-state index < -0.39 is 24.3 Å². The SMILES string of the molecule is Nc1ncnc2c1ncn2[C@@H]1O[C@H](CO)C[C@H]1O.O=C(O)C(=O)O. The number of nitrogens with two attached hydrogens (primary N) is 1. The van der Waals surface area contributed by atoms with Crippen molar-refractivity contribution in [2.75, 3.05) is 12.3 Å². The maximum atomic E-state index is 9.93. The molecule has 0 aliphatic carbocycles. The molecule has 0 saturated carbocycles. The Kier molecular flexibility index (Phi) is 5.23. The van der Waals surface area contributed by atoms with E-state index in [-0.39, 0.29) is 18.5 Å². The second kappa shape index (κ2) is 7.16. The molecule has 0 unspecified atom stereocenters. The topological polar surface area (TPSA) is 194 Å². The monoisotopic (exact) mass is 341 g/mol. The van der Waals surface area contributed by atoms with E-state index in [0.717, 1.165) is 0 Å². The van der Waals surface area contributed by atoms with Crippen LogP contribution in [0.2, 0.25) is 0 Å². The normalized spacial score (nSPS) is 22.8. The number of anilines is 1. The van der Waals surface area contributed by atoms with Gasteiger partial charge in [0.2, 0.25) is 0 Å². The Hall–Kier alpha value is -2.83. The molecule has 1 aliphatic rings. The van der Waals surface area contributed by atoms with Crippen molar-refractivity contribution in [3.63, 3.8) is 0 Å². The molecule has 3 rings (SSSR count). The lowest BCUT2D eigenvalue weighted by molar-refractivity contribution is -0.159. The molecule has 12 heteroatoms. The molecule has 130 valence electrons. The van der Waals surface area contributed by atoms with E-state index in [2.05, 4.69) is 15.0 Å². The molecule has 12 nitrogen and oxygen atoms in total. The average Bonchev–Trinajstić information content (AvgIpc) is 3.11. The van der Waals surface area contributed by atoms with Crippen molar-refractivity contribution in [2.45, 2.75) is 24.9 Å². The van der Waals surface area contributed by atoms with Gasteiger partial charge in [-0.15, -0.1) is 0 Å². The highest BCUT2D eigenvalue weighted by Crippen LogP contribution is 2.31. The van der Waals surface area contributed by atoms with E-state index in [1.807, 2.05) is 0 Å². The molecular weight excluding hydrogens is 326 g/mol. The van der Waals surface area contributed by atoms with Crippen LogP contribution in [0.3, 0.4) is 0 Å². The van der Waals surface area contributed by atoms with Crippen LogP contribution in [0.4, 0.5) is 5.82 Å². The third-order valence-electron chi connectivity index (χ3n) is 3.21. The van der Waals surface area contributed by atoms with Crippen molar-refractivity contribution in [1.29, 1.82) is 0 Å². The van der Waals surface area contributed by atoms with Gasteiger partial charge in [0.15, 0.2) is 17.7 Å². The fourth-order valence-corrected chi connectivity index (χ4v) is 2.15. The molecule has 0 radical (unpaired) electrons. The molecule has 1 saturated heterocycles. The molecule has 0 spiro atoms. The zero-order valence-corrected chi connectivity index (χ0v) is 12.2. The predicted octanol–water partition coefficient (Wildman–Crippen LogP) is -1.80. The summed E-state index contributed by atoms with van der Waals surface area (Å²) < 4.78 is 7.14. The second-order valence-electron chi connectivity index (χ2n) is 4.83. The number of carbonyl (C=O) groups is 2. The third kappa shape index (κ3) is 3.56. The van der Waals surface area contributed by atoms with Crippen LogP contribution in [0.15, 0.2) is 12.7 Å². The van der Waals surface area contributed by atoms with Crippen LogP contribution in [-0.2, 0) is 14.3 Å². The van der Waals surface area contributed by atoms with E-state index in [1.54, 1.807) is 4.57 Å². The Balaban J connectivity index is 0.000000301. The van der Waals surface area contributed by atoms with Crippen LogP contribution in [0.1, 0.15) is 12.6 Å². The summed E-state index contributed by atoms with van der Waals surface area (Å²) in [5, 5.41) is 33.8. The molecule has 3 heterocycles. The number of nitrogens with zero attached hydrogens (tertiary/aromatic N) is 4. The van der Waals surface area contributed by atoms with E-state index >= 15 is 0 Å². The van der Waals surface area contributed by atoms with Gasteiger partial charge in [-0.05, 0) is 0 Å². The van der Waals surface area contributed by atoms with Crippen LogP contribution in [0, 0.1) is 0 Å². The van der Waals surface area contributed by atoms with Gasteiger partial charge in [-0.3, -0.25) is 4.57 Å². The van der Waals surface area contributed by atoms with E-state index in [4.69, 9.17) is 35.4 Å². The highest BCUT2D eigenvalue weighted by molar-refractivity contribution is 6.27. The summed E-state index contributed by atoms with van der Waals surface area (Å²) in [6.07, 6.45) is 1.52. The van der Waals surface area contributed by atoms with Gasteiger partial charge in [-0.2, -0.15) is 0 Å². The summed E-state index contributed by atoms with van der Waals surface area (Å²) in [4.78, 5) is 30.2. The van der Waals surface area contributed by atoms with Gasteiger partial charge < -0.3 is 30.9 Å². The molecule has 2 aromatic rings. The lowest BCUT2D eigenvalue weighted by Crippen LogP contribution is -2.19.